The Morgan fingerprint density at radius 3 is 2.12 bits per heavy atom. The minimum atomic E-state index is -0.235. The second-order valence-electron chi connectivity index (χ2n) is 8.73. The minimum Gasteiger partial charge on any atom is -0.363 e. The largest absolute Gasteiger partial charge is 0.363 e. The van der Waals surface area contributed by atoms with E-state index >= 15 is 0 Å². The molecule has 0 N–H and O–H groups in total. The van der Waals surface area contributed by atoms with Crippen LogP contribution in [0.5, 0.6) is 0 Å². The van der Waals surface area contributed by atoms with Crippen LogP contribution in [-0.4, -0.2) is 57.8 Å². The lowest BCUT2D eigenvalue weighted by atomic mass is 9.99. The van der Waals surface area contributed by atoms with Gasteiger partial charge in [0.1, 0.15) is 5.70 Å². The molecule has 0 spiro atoms. The number of rotatable bonds is 5. The third-order valence-corrected chi connectivity index (χ3v) is 6.55. The van der Waals surface area contributed by atoms with Gasteiger partial charge in [-0.15, -0.1) is 0 Å². The van der Waals surface area contributed by atoms with Gasteiger partial charge >= 0.3 is 0 Å². The maximum atomic E-state index is 13.7. The Bertz CT molecular complexity index is 1250. The molecule has 0 saturated carbocycles. The van der Waals surface area contributed by atoms with Gasteiger partial charge in [-0.05, 0) is 42.2 Å². The van der Waals surface area contributed by atoms with E-state index in [-0.39, 0.29) is 18.4 Å². The molecule has 2 aromatic carbocycles. The smallest absolute Gasteiger partial charge is 0.278 e. The maximum absolute atomic E-state index is 13.7. The molecule has 0 aliphatic carbocycles. The molecule has 172 valence electrons. The van der Waals surface area contributed by atoms with Crippen LogP contribution in [0.4, 0.5) is 5.95 Å². The zero-order valence-corrected chi connectivity index (χ0v) is 19.4. The molecule has 2 amide bonds. The van der Waals surface area contributed by atoms with Crippen LogP contribution in [-0.2, 0) is 16.1 Å². The van der Waals surface area contributed by atoms with Crippen molar-refractivity contribution in [3.05, 3.63) is 94.9 Å². The van der Waals surface area contributed by atoms with Crippen molar-refractivity contribution in [2.24, 2.45) is 0 Å². The number of carbonyl (C=O) groups excluding carboxylic acids is 2. The molecule has 0 atom stereocenters. The highest BCUT2D eigenvalue weighted by molar-refractivity contribution is 6.35. The molecule has 1 aromatic heterocycles. The number of hydrogen-bond donors (Lipinski definition) is 0. The van der Waals surface area contributed by atoms with E-state index in [9.17, 15) is 9.59 Å². The fourth-order valence-electron chi connectivity index (χ4n) is 4.51. The summed E-state index contributed by atoms with van der Waals surface area (Å²) in [5.41, 5.74) is 4.96. The van der Waals surface area contributed by atoms with Gasteiger partial charge in [-0.25, -0.2) is 9.97 Å². The van der Waals surface area contributed by atoms with Crippen LogP contribution in [0.2, 0.25) is 0 Å². The van der Waals surface area contributed by atoms with Gasteiger partial charge in [-0.3, -0.25) is 14.5 Å². The molecule has 1 fully saturated rings. The number of nitrogens with zero attached hydrogens (tertiary/aromatic N) is 5. The van der Waals surface area contributed by atoms with Crippen molar-refractivity contribution in [3.8, 4) is 0 Å². The number of imide groups is 1. The summed E-state index contributed by atoms with van der Waals surface area (Å²) < 4.78 is 0. The molecule has 7 nitrogen and oxygen atoms in total. The second-order valence-corrected chi connectivity index (χ2v) is 8.73. The monoisotopic (exact) mass is 453 g/mol. The van der Waals surface area contributed by atoms with Gasteiger partial charge in [-0.2, -0.15) is 0 Å². The predicted octanol–water partition coefficient (Wildman–Crippen LogP) is 3.20. The predicted molar refractivity (Wildman–Crippen MR) is 131 cm³/mol. The van der Waals surface area contributed by atoms with E-state index in [2.05, 4.69) is 19.8 Å². The van der Waals surface area contributed by atoms with Crippen molar-refractivity contribution in [1.82, 2.24) is 19.8 Å². The van der Waals surface area contributed by atoms with Crippen LogP contribution in [0.15, 0.2) is 72.7 Å². The van der Waals surface area contributed by atoms with Crippen LogP contribution in [0, 0.1) is 13.8 Å². The van der Waals surface area contributed by atoms with E-state index in [1.165, 1.54) is 4.90 Å². The summed E-state index contributed by atoms with van der Waals surface area (Å²) in [7, 11) is 0. The van der Waals surface area contributed by atoms with Crippen molar-refractivity contribution in [2.45, 2.75) is 20.4 Å². The number of anilines is 1. The highest BCUT2D eigenvalue weighted by Crippen LogP contribution is 2.34. The normalized spacial score (nSPS) is 16.6. The van der Waals surface area contributed by atoms with Gasteiger partial charge in [0, 0.05) is 38.6 Å². The zero-order valence-electron chi connectivity index (χ0n) is 19.4. The number of amides is 2. The van der Waals surface area contributed by atoms with Crippen LogP contribution < -0.4 is 4.90 Å². The number of aryl methyl sites for hydroxylation is 2. The Labute approximate surface area is 199 Å². The highest BCUT2D eigenvalue weighted by Gasteiger charge is 2.42. The molecule has 34 heavy (non-hydrogen) atoms. The van der Waals surface area contributed by atoms with Crippen molar-refractivity contribution >= 4 is 23.3 Å². The average molecular weight is 454 g/mol. The number of piperazine rings is 1. The SMILES string of the molecule is Cc1ccc(C2=C(N3CCN(c4ncccn4)CC3)C(=O)N(Cc3ccccc3)C2=O)cc1C. The molecular formula is C27H27N5O2. The molecule has 3 heterocycles. The van der Waals surface area contributed by atoms with E-state index in [0.717, 1.165) is 22.3 Å². The van der Waals surface area contributed by atoms with Crippen LogP contribution in [0.1, 0.15) is 22.3 Å². The van der Waals surface area contributed by atoms with Gasteiger partial charge in [0.2, 0.25) is 5.95 Å². The first-order chi connectivity index (χ1) is 16.5. The molecule has 3 aromatic rings. The summed E-state index contributed by atoms with van der Waals surface area (Å²) in [6, 6.07) is 17.4. The molecule has 0 unspecified atom stereocenters. The fraction of sp³-hybridized carbons (Fsp3) is 0.259. The Kier molecular flexibility index (Phi) is 5.84. The van der Waals surface area contributed by atoms with Gasteiger partial charge < -0.3 is 9.80 Å². The third-order valence-electron chi connectivity index (χ3n) is 6.55. The lowest BCUT2D eigenvalue weighted by molar-refractivity contribution is -0.138. The van der Waals surface area contributed by atoms with Crippen molar-refractivity contribution in [1.29, 1.82) is 0 Å². The van der Waals surface area contributed by atoms with Crippen LogP contribution >= 0.6 is 0 Å². The Hall–Kier alpha value is -4.00. The van der Waals surface area contributed by atoms with E-state index in [4.69, 9.17) is 0 Å². The van der Waals surface area contributed by atoms with Gasteiger partial charge in [0.15, 0.2) is 0 Å². The fourth-order valence-corrected chi connectivity index (χ4v) is 4.51. The summed E-state index contributed by atoms with van der Waals surface area (Å²) in [4.78, 5) is 41.5. The van der Waals surface area contributed by atoms with Crippen molar-refractivity contribution < 1.29 is 9.59 Å². The summed E-state index contributed by atoms with van der Waals surface area (Å²) >= 11 is 0. The molecule has 0 bridgehead atoms. The highest BCUT2D eigenvalue weighted by atomic mass is 16.2. The van der Waals surface area contributed by atoms with Gasteiger partial charge in [0.25, 0.3) is 11.8 Å². The molecule has 5 rings (SSSR count). The summed E-state index contributed by atoms with van der Waals surface area (Å²) in [5, 5.41) is 0. The Balaban J connectivity index is 1.48. The first kappa shape index (κ1) is 21.8. The number of benzene rings is 2. The Morgan fingerprint density at radius 1 is 0.765 bits per heavy atom. The standard InChI is InChI=1S/C27H27N5O2/c1-19-9-10-22(17-20(19)2)23-24(26(34)32(25(23)33)18-21-7-4-3-5-8-21)30-13-15-31(16-14-30)27-28-11-6-12-29-27/h3-12,17H,13-16,18H2,1-2H3. The van der Waals surface area contributed by atoms with Crippen molar-refractivity contribution in [3.63, 3.8) is 0 Å². The minimum absolute atomic E-state index is 0.230. The lowest BCUT2D eigenvalue weighted by Gasteiger charge is -2.36. The summed E-state index contributed by atoms with van der Waals surface area (Å²) in [6.45, 7) is 6.90. The lowest BCUT2D eigenvalue weighted by Crippen LogP contribution is -2.48. The maximum Gasteiger partial charge on any atom is 0.278 e. The summed E-state index contributed by atoms with van der Waals surface area (Å²) in [5.74, 6) is 0.220. The van der Waals surface area contributed by atoms with E-state index in [0.29, 0.717) is 43.4 Å². The molecule has 1 saturated heterocycles. The Morgan fingerprint density at radius 2 is 1.44 bits per heavy atom. The van der Waals surface area contributed by atoms with E-state index < -0.39 is 0 Å². The number of hydrogen-bond acceptors (Lipinski definition) is 6. The third kappa shape index (κ3) is 4.05. The van der Waals surface area contributed by atoms with Crippen molar-refractivity contribution in [2.75, 3.05) is 31.1 Å². The van der Waals surface area contributed by atoms with E-state index in [1.54, 1.807) is 18.5 Å². The quantitative estimate of drug-likeness (QED) is 0.553. The van der Waals surface area contributed by atoms with Gasteiger partial charge in [0.05, 0.1) is 12.1 Å². The topological polar surface area (TPSA) is 69.6 Å². The number of aromatic nitrogens is 2. The molecule has 0 radical (unpaired) electrons. The molecule has 2 aliphatic rings. The first-order valence-corrected chi connectivity index (χ1v) is 11.5. The van der Waals surface area contributed by atoms with E-state index in [1.807, 2.05) is 62.4 Å². The van der Waals surface area contributed by atoms with Gasteiger partial charge in [-0.1, -0.05) is 48.5 Å². The second kappa shape index (κ2) is 9.09. The molecule has 7 heteroatoms. The van der Waals surface area contributed by atoms with Crippen LogP contribution in [0.25, 0.3) is 5.57 Å². The first-order valence-electron chi connectivity index (χ1n) is 11.5. The average Bonchev–Trinajstić information content (AvgIpc) is 3.12. The number of carbonyl (C=O) groups is 2. The summed E-state index contributed by atoms with van der Waals surface area (Å²) in [6.07, 6.45) is 3.46. The van der Waals surface area contributed by atoms with Crippen LogP contribution in [0.3, 0.4) is 0 Å². The molecular weight excluding hydrogens is 426 g/mol. The zero-order chi connectivity index (χ0) is 23.7. The molecule has 2 aliphatic heterocycles.